The summed E-state index contributed by atoms with van der Waals surface area (Å²) in [5, 5.41) is 0. The SMILES string of the molecule is O=P([O-])([O-])[O-].[Al+3].[Mg+2].[Sr+2]. The van der Waals surface area contributed by atoms with E-state index >= 15 is 0 Å². The Morgan fingerprint density at radius 1 is 1.12 bits per heavy atom. The van der Waals surface area contributed by atoms with E-state index in [-0.39, 0.29) is 85.9 Å². The summed E-state index contributed by atoms with van der Waals surface area (Å²) >= 11 is 0. The number of hydrogen-bond acceptors (Lipinski definition) is 4. The molecule has 0 saturated heterocycles. The van der Waals surface area contributed by atoms with Crippen molar-refractivity contribution in [3.05, 3.63) is 0 Å². The summed E-state index contributed by atoms with van der Waals surface area (Å²) in [5.74, 6) is 0. The van der Waals surface area contributed by atoms with Crippen LogP contribution in [0, 0.1) is 0 Å². The van der Waals surface area contributed by atoms with Gasteiger partial charge < -0.3 is 19.2 Å². The molecule has 0 unspecified atom stereocenters. The summed E-state index contributed by atoms with van der Waals surface area (Å²) in [6.45, 7) is 0. The quantitative estimate of drug-likeness (QED) is 0.316. The molecule has 0 fully saturated rings. The van der Waals surface area contributed by atoms with E-state index in [1.54, 1.807) is 0 Å². The molecule has 0 aromatic carbocycles. The van der Waals surface area contributed by atoms with Gasteiger partial charge in [-0.2, -0.15) is 7.82 Å². The van der Waals surface area contributed by atoms with Crippen LogP contribution in [0.5, 0.6) is 0 Å². The fourth-order valence-electron chi connectivity index (χ4n) is 0. The van der Waals surface area contributed by atoms with Crippen molar-refractivity contribution < 1.29 is 19.2 Å². The van der Waals surface area contributed by atoms with E-state index in [9.17, 15) is 0 Å². The Morgan fingerprint density at radius 3 is 1.12 bits per heavy atom. The first-order valence-electron chi connectivity index (χ1n) is 0.730. The number of hydrogen-bond donors (Lipinski definition) is 0. The van der Waals surface area contributed by atoms with Crippen LogP contribution in [0.2, 0.25) is 0 Å². The molecule has 0 aliphatic heterocycles. The van der Waals surface area contributed by atoms with Crippen LogP contribution in [0.3, 0.4) is 0 Å². The third-order valence-electron chi connectivity index (χ3n) is 0. The summed E-state index contributed by atoms with van der Waals surface area (Å²) in [6, 6.07) is 0. The van der Waals surface area contributed by atoms with E-state index in [4.69, 9.17) is 19.2 Å². The van der Waals surface area contributed by atoms with Crippen molar-refractivity contribution in [3.8, 4) is 0 Å². The molecule has 0 heterocycles. The average Bonchev–Trinajstić information content (AvgIpc) is 0.722. The Bertz CT molecular complexity index is 62.2. The third-order valence-corrected chi connectivity index (χ3v) is 0. The van der Waals surface area contributed by atoms with Gasteiger partial charge >= 0.3 is 85.9 Å². The van der Waals surface area contributed by atoms with Crippen LogP contribution < -0.4 is 14.7 Å². The molecule has 0 bridgehead atoms. The van der Waals surface area contributed by atoms with Gasteiger partial charge in [-0.15, -0.1) is 0 Å². The maximum absolute atomic E-state index is 8.55. The van der Waals surface area contributed by atoms with Gasteiger partial charge in [-0.05, 0) is 0 Å². The average molecular weight is 234 g/mol. The second kappa shape index (κ2) is 9.89. The minimum absolute atomic E-state index is 0. The van der Waals surface area contributed by atoms with Crippen LogP contribution in [-0.2, 0) is 4.57 Å². The molecule has 0 spiro atoms. The third kappa shape index (κ3) is 66.3. The monoisotopic (exact) mass is 234 g/mol. The minimum atomic E-state index is -5.39. The second-order valence-corrected chi connectivity index (χ2v) is 1.34. The predicted octanol–water partition coefficient (Wildman–Crippen LogP) is -3.97. The molecule has 0 aliphatic rings. The smallest absolute Gasteiger partial charge is 0.822 e. The van der Waals surface area contributed by atoms with Gasteiger partial charge in [-0.1, -0.05) is 0 Å². The van der Waals surface area contributed by atoms with Crippen molar-refractivity contribution in [1.29, 1.82) is 0 Å². The second-order valence-electron chi connectivity index (χ2n) is 0.447. The van der Waals surface area contributed by atoms with E-state index in [1.165, 1.54) is 0 Å². The zero-order valence-electron chi connectivity index (χ0n) is 4.07. The fraction of sp³-hybridized carbons (Fsp3) is 0. The molecule has 0 atom stereocenters. The van der Waals surface area contributed by atoms with E-state index in [2.05, 4.69) is 0 Å². The molecule has 0 aliphatic carbocycles. The van der Waals surface area contributed by atoms with Gasteiger partial charge in [-0.3, -0.25) is 0 Å². The molecule has 0 N–H and O–H groups in total. The van der Waals surface area contributed by atoms with E-state index in [0.29, 0.717) is 0 Å². The van der Waals surface area contributed by atoms with Crippen molar-refractivity contribution in [3.63, 3.8) is 0 Å². The Kier molecular flexibility index (Phi) is 27.7. The summed E-state index contributed by atoms with van der Waals surface area (Å²) < 4.78 is 8.55. The molecule has 8 heteroatoms. The zero-order valence-corrected chi connectivity index (χ0v) is 11.0. The molecular weight excluding hydrogens is 234 g/mol. The van der Waals surface area contributed by atoms with Gasteiger partial charge in [-0.25, -0.2) is 0 Å². The summed E-state index contributed by atoms with van der Waals surface area (Å²) in [7, 11) is -5.39. The molecule has 0 radical (unpaired) electrons. The normalized spacial score (nSPS) is 7.38. The van der Waals surface area contributed by atoms with Gasteiger partial charge in [0.1, 0.15) is 0 Å². The zero-order chi connectivity index (χ0) is 4.50. The van der Waals surface area contributed by atoms with E-state index in [0.717, 1.165) is 0 Å². The molecule has 0 saturated carbocycles. The van der Waals surface area contributed by atoms with Gasteiger partial charge in [0, 0.05) is 0 Å². The van der Waals surface area contributed by atoms with Crippen molar-refractivity contribution >= 4 is 93.7 Å². The van der Waals surface area contributed by atoms with E-state index < -0.39 is 7.82 Å². The number of phosphoric acid groups is 1. The Labute approximate surface area is 111 Å². The number of rotatable bonds is 0. The molecule has 0 aromatic rings. The molecule has 0 aromatic heterocycles. The van der Waals surface area contributed by atoms with Crippen molar-refractivity contribution in [2.75, 3.05) is 0 Å². The van der Waals surface area contributed by atoms with Crippen molar-refractivity contribution in [1.82, 2.24) is 0 Å². The van der Waals surface area contributed by atoms with Gasteiger partial charge in [0.05, 0.1) is 0 Å². The Balaban J connectivity index is -0.0000000267. The van der Waals surface area contributed by atoms with Crippen LogP contribution in [-0.4, -0.2) is 85.9 Å². The van der Waals surface area contributed by atoms with Crippen LogP contribution in [0.4, 0.5) is 0 Å². The minimum Gasteiger partial charge on any atom is -0.822 e. The fourth-order valence-corrected chi connectivity index (χ4v) is 0. The first-order valence-corrected chi connectivity index (χ1v) is 2.19. The van der Waals surface area contributed by atoms with Gasteiger partial charge in [0.25, 0.3) is 0 Å². The van der Waals surface area contributed by atoms with Crippen LogP contribution in [0.25, 0.3) is 0 Å². The molecule has 0 rings (SSSR count). The van der Waals surface area contributed by atoms with Crippen molar-refractivity contribution in [2.45, 2.75) is 0 Å². The van der Waals surface area contributed by atoms with Crippen LogP contribution in [0.1, 0.15) is 0 Å². The standard InChI is InChI=1S/Al.Mg.H3O4P.Sr/c;;1-5(2,3)4;/h;;(H3,1,2,3,4);/q+3;+2;;+2/p-3. The summed E-state index contributed by atoms with van der Waals surface area (Å²) in [6.07, 6.45) is 0. The molecule has 0 amide bonds. The van der Waals surface area contributed by atoms with Gasteiger partial charge in [0.2, 0.25) is 0 Å². The van der Waals surface area contributed by atoms with Crippen LogP contribution >= 0.6 is 7.82 Å². The van der Waals surface area contributed by atoms with Crippen molar-refractivity contribution in [2.24, 2.45) is 0 Å². The van der Waals surface area contributed by atoms with Gasteiger partial charge in [0.15, 0.2) is 0 Å². The summed E-state index contributed by atoms with van der Waals surface area (Å²) in [5.41, 5.74) is 0. The maximum Gasteiger partial charge on any atom is 3.00 e. The summed E-state index contributed by atoms with van der Waals surface area (Å²) in [4.78, 5) is 25.6. The Hall–Kier alpha value is 2.89. The maximum atomic E-state index is 8.55. The van der Waals surface area contributed by atoms with Crippen LogP contribution in [0.15, 0.2) is 0 Å². The Morgan fingerprint density at radius 2 is 1.12 bits per heavy atom. The molecule has 32 valence electrons. The first-order chi connectivity index (χ1) is 2.00. The largest absolute Gasteiger partial charge is 3.00 e. The first kappa shape index (κ1) is 22.4. The topological polar surface area (TPSA) is 86.2 Å². The molecular formula is AlMgO4PSr+4. The van der Waals surface area contributed by atoms with E-state index in [1.807, 2.05) is 0 Å². The molecule has 4 nitrogen and oxygen atoms in total. The predicted molar refractivity (Wildman–Crippen MR) is 24.9 cm³/mol. The molecule has 8 heavy (non-hydrogen) atoms.